The van der Waals surface area contributed by atoms with Gasteiger partial charge in [-0.25, -0.2) is 9.89 Å². The Morgan fingerprint density at radius 3 is 2.53 bits per heavy atom. The lowest BCUT2D eigenvalue weighted by Crippen LogP contribution is -2.12. The van der Waals surface area contributed by atoms with Gasteiger partial charge in [0.2, 0.25) is 0 Å². The maximum Gasteiger partial charge on any atom is 0.343 e. The van der Waals surface area contributed by atoms with Crippen molar-refractivity contribution in [3.05, 3.63) is 40.3 Å². The first-order valence-electron chi connectivity index (χ1n) is 5.22. The summed E-state index contributed by atoms with van der Waals surface area (Å²) in [5.74, 6) is 0. The van der Waals surface area contributed by atoms with Crippen LogP contribution < -0.4 is 11.4 Å². The molecular formula is C11H14N4OS. The van der Waals surface area contributed by atoms with Crippen LogP contribution in [0.4, 0.5) is 0 Å². The van der Waals surface area contributed by atoms with Crippen molar-refractivity contribution in [1.82, 2.24) is 14.8 Å². The van der Waals surface area contributed by atoms with Crippen molar-refractivity contribution in [3.8, 4) is 0 Å². The Labute approximate surface area is 103 Å². The summed E-state index contributed by atoms with van der Waals surface area (Å²) in [6.45, 7) is 1.94. The van der Waals surface area contributed by atoms with Crippen LogP contribution in [-0.2, 0) is 7.05 Å². The second kappa shape index (κ2) is 4.77. The molecule has 0 saturated carbocycles. The highest BCUT2D eigenvalue weighted by Gasteiger charge is 2.06. The number of benzene rings is 1. The first-order chi connectivity index (χ1) is 8.08. The van der Waals surface area contributed by atoms with Crippen molar-refractivity contribution in [3.63, 3.8) is 0 Å². The van der Waals surface area contributed by atoms with Crippen molar-refractivity contribution in [1.29, 1.82) is 0 Å². The Bertz CT molecular complexity index is 556. The number of aromatic nitrogens is 3. The Balaban J connectivity index is 2.19. The number of hydrogen-bond donors (Lipinski definition) is 2. The van der Waals surface area contributed by atoms with Crippen molar-refractivity contribution in [2.24, 2.45) is 12.8 Å². The fourth-order valence-electron chi connectivity index (χ4n) is 1.37. The largest absolute Gasteiger partial charge is 0.343 e. The van der Waals surface area contributed by atoms with Crippen LogP contribution in [0.5, 0.6) is 0 Å². The third-order valence-corrected chi connectivity index (χ3v) is 3.51. The number of nitrogens with two attached hydrogens (primary N) is 1. The first-order valence-corrected chi connectivity index (χ1v) is 6.04. The van der Waals surface area contributed by atoms with E-state index in [0.29, 0.717) is 5.16 Å². The number of rotatable bonds is 3. The predicted octanol–water partition coefficient (Wildman–Crippen LogP) is 1.28. The monoisotopic (exact) mass is 250 g/mol. The zero-order chi connectivity index (χ0) is 12.4. The van der Waals surface area contributed by atoms with Gasteiger partial charge in [-0.15, -0.1) is 5.10 Å². The molecule has 0 fully saturated rings. The summed E-state index contributed by atoms with van der Waals surface area (Å²) in [5, 5.41) is 6.98. The van der Waals surface area contributed by atoms with Gasteiger partial charge in [-0.05, 0) is 36.4 Å². The van der Waals surface area contributed by atoms with Gasteiger partial charge in [0.05, 0.1) is 0 Å². The van der Waals surface area contributed by atoms with E-state index in [2.05, 4.69) is 10.2 Å². The van der Waals surface area contributed by atoms with Crippen LogP contribution in [0.15, 0.2) is 39.1 Å². The van der Waals surface area contributed by atoms with E-state index in [1.807, 2.05) is 31.2 Å². The maximum atomic E-state index is 11.2. The summed E-state index contributed by atoms with van der Waals surface area (Å²) >= 11 is 1.44. The Morgan fingerprint density at radius 2 is 2.06 bits per heavy atom. The number of nitrogens with zero attached hydrogens (tertiary/aromatic N) is 2. The topological polar surface area (TPSA) is 76.7 Å². The second-order valence-electron chi connectivity index (χ2n) is 3.83. The summed E-state index contributed by atoms with van der Waals surface area (Å²) < 4.78 is 1.48. The van der Waals surface area contributed by atoms with Crippen LogP contribution >= 0.6 is 11.8 Å². The first kappa shape index (κ1) is 11.9. The van der Waals surface area contributed by atoms with Crippen molar-refractivity contribution >= 4 is 11.8 Å². The standard InChI is InChI=1S/C11H14N4OS/c1-7(12)8-3-5-9(6-4-8)17-11-14-13-10(16)15(11)2/h3-7H,12H2,1-2H3,(H,13,16)/t7-/m0/s1. The van der Waals surface area contributed by atoms with Gasteiger partial charge in [-0.2, -0.15) is 0 Å². The van der Waals surface area contributed by atoms with E-state index >= 15 is 0 Å². The molecule has 5 nitrogen and oxygen atoms in total. The molecule has 0 aliphatic rings. The van der Waals surface area contributed by atoms with E-state index in [0.717, 1.165) is 10.5 Å². The van der Waals surface area contributed by atoms with E-state index in [-0.39, 0.29) is 11.7 Å². The number of nitrogens with one attached hydrogen (secondary N) is 1. The van der Waals surface area contributed by atoms with Crippen LogP contribution in [0.25, 0.3) is 0 Å². The summed E-state index contributed by atoms with van der Waals surface area (Å²) in [7, 11) is 1.69. The van der Waals surface area contributed by atoms with E-state index in [1.54, 1.807) is 7.05 Å². The van der Waals surface area contributed by atoms with Gasteiger partial charge >= 0.3 is 5.69 Å². The van der Waals surface area contributed by atoms with Crippen LogP contribution in [0.3, 0.4) is 0 Å². The lowest BCUT2D eigenvalue weighted by molar-refractivity contribution is 0.766. The molecule has 90 valence electrons. The molecule has 1 atom stereocenters. The van der Waals surface area contributed by atoms with Crippen LogP contribution in [0.1, 0.15) is 18.5 Å². The lowest BCUT2D eigenvalue weighted by Gasteiger charge is -2.06. The highest BCUT2D eigenvalue weighted by atomic mass is 32.2. The molecule has 0 spiro atoms. The average molecular weight is 250 g/mol. The fraction of sp³-hybridized carbons (Fsp3) is 0.273. The average Bonchev–Trinajstić information content (AvgIpc) is 2.62. The number of aromatic amines is 1. The molecule has 2 rings (SSSR count). The molecular weight excluding hydrogens is 236 g/mol. The van der Waals surface area contributed by atoms with Gasteiger partial charge in [0.15, 0.2) is 5.16 Å². The van der Waals surface area contributed by atoms with Gasteiger partial charge in [-0.3, -0.25) is 4.57 Å². The SMILES string of the molecule is C[C@H](N)c1ccc(Sc2n[nH]c(=O)n2C)cc1. The predicted molar refractivity (Wildman–Crippen MR) is 67.0 cm³/mol. The minimum atomic E-state index is -0.209. The van der Waals surface area contributed by atoms with E-state index in [1.165, 1.54) is 16.3 Å². The molecule has 0 radical (unpaired) electrons. The molecule has 1 aromatic heterocycles. The molecule has 0 unspecified atom stereocenters. The molecule has 6 heteroatoms. The zero-order valence-corrected chi connectivity index (χ0v) is 10.5. The van der Waals surface area contributed by atoms with E-state index in [9.17, 15) is 4.79 Å². The Kier molecular flexibility index (Phi) is 3.35. The van der Waals surface area contributed by atoms with E-state index < -0.39 is 0 Å². The third kappa shape index (κ3) is 2.59. The highest BCUT2D eigenvalue weighted by Crippen LogP contribution is 2.25. The Morgan fingerprint density at radius 1 is 1.41 bits per heavy atom. The van der Waals surface area contributed by atoms with Crippen molar-refractivity contribution in [2.45, 2.75) is 23.0 Å². The molecule has 0 aliphatic carbocycles. The minimum Gasteiger partial charge on any atom is -0.324 e. The zero-order valence-electron chi connectivity index (χ0n) is 9.68. The van der Waals surface area contributed by atoms with Gasteiger partial charge in [-0.1, -0.05) is 12.1 Å². The summed E-state index contributed by atoms with van der Waals surface area (Å²) in [6, 6.07) is 7.95. The Hall–Kier alpha value is -1.53. The molecule has 1 heterocycles. The van der Waals surface area contributed by atoms with Crippen LogP contribution in [0, 0.1) is 0 Å². The number of H-pyrrole nitrogens is 1. The molecule has 0 aliphatic heterocycles. The normalized spacial score (nSPS) is 12.6. The molecule has 0 saturated heterocycles. The van der Waals surface area contributed by atoms with Gasteiger partial charge in [0.25, 0.3) is 0 Å². The third-order valence-electron chi connectivity index (χ3n) is 2.45. The number of hydrogen-bond acceptors (Lipinski definition) is 4. The molecule has 17 heavy (non-hydrogen) atoms. The summed E-state index contributed by atoms with van der Waals surface area (Å²) in [4.78, 5) is 12.2. The van der Waals surface area contributed by atoms with Crippen molar-refractivity contribution in [2.75, 3.05) is 0 Å². The van der Waals surface area contributed by atoms with Crippen molar-refractivity contribution < 1.29 is 0 Å². The van der Waals surface area contributed by atoms with Crippen LogP contribution in [-0.4, -0.2) is 14.8 Å². The van der Waals surface area contributed by atoms with Gasteiger partial charge < -0.3 is 5.73 Å². The molecule has 1 aromatic carbocycles. The fourth-order valence-corrected chi connectivity index (χ4v) is 2.16. The second-order valence-corrected chi connectivity index (χ2v) is 4.87. The minimum absolute atomic E-state index is 0.0313. The molecule has 0 amide bonds. The summed E-state index contributed by atoms with van der Waals surface area (Å²) in [5.41, 5.74) is 6.65. The highest BCUT2D eigenvalue weighted by molar-refractivity contribution is 7.99. The smallest absolute Gasteiger partial charge is 0.324 e. The summed E-state index contributed by atoms with van der Waals surface area (Å²) in [6.07, 6.45) is 0. The van der Waals surface area contributed by atoms with Gasteiger partial charge in [0, 0.05) is 18.0 Å². The molecule has 3 N–H and O–H groups in total. The lowest BCUT2D eigenvalue weighted by atomic mass is 10.1. The maximum absolute atomic E-state index is 11.2. The molecule has 0 bridgehead atoms. The van der Waals surface area contributed by atoms with E-state index in [4.69, 9.17) is 5.73 Å². The van der Waals surface area contributed by atoms with Crippen LogP contribution in [0.2, 0.25) is 0 Å². The van der Waals surface area contributed by atoms with Gasteiger partial charge in [0.1, 0.15) is 0 Å². The quantitative estimate of drug-likeness (QED) is 0.860. The molecule has 2 aromatic rings.